The van der Waals surface area contributed by atoms with Gasteiger partial charge in [-0.2, -0.15) is 0 Å². The van der Waals surface area contributed by atoms with Crippen molar-refractivity contribution in [1.29, 1.82) is 0 Å². The molecule has 0 aliphatic heterocycles. The van der Waals surface area contributed by atoms with Crippen LogP contribution in [0.4, 0.5) is 10.1 Å². The summed E-state index contributed by atoms with van der Waals surface area (Å²) < 4.78 is 14.4. The lowest BCUT2D eigenvalue weighted by Crippen LogP contribution is -2.07. The lowest BCUT2D eigenvalue weighted by molar-refractivity contribution is -0.111. The summed E-state index contributed by atoms with van der Waals surface area (Å²) in [5.41, 5.74) is 3.23. The Bertz CT molecular complexity index is 905. The topological polar surface area (TPSA) is 29.1 Å². The quantitative estimate of drug-likeness (QED) is 0.546. The van der Waals surface area contributed by atoms with Crippen molar-refractivity contribution < 1.29 is 9.18 Å². The molecule has 0 atom stereocenters. The molecule has 0 radical (unpaired) electrons. The van der Waals surface area contributed by atoms with E-state index in [1.54, 1.807) is 12.1 Å². The molecule has 0 spiro atoms. The minimum atomic E-state index is -0.375. The highest BCUT2D eigenvalue weighted by molar-refractivity contribution is 9.10. The number of nitrogens with one attached hydrogen (secondary N) is 1. The van der Waals surface area contributed by atoms with Gasteiger partial charge in [0.1, 0.15) is 5.82 Å². The van der Waals surface area contributed by atoms with E-state index < -0.39 is 0 Å². The second kappa shape index (κ2) is 7.90. The molecule has 0 saturated heterocycles. The summed E-state index contributed by atoms with van der Waals surface area (Å²) in [6.45, 7) is 0. The Morgan fingerprint density at radius 1 is 0.920 bits per heavy atom. The van der Waals surface area contributed by atoms with Crippen LogP contribution in [0.3, 0.4) is 0 Å². The first kappa shape index (κ1) is 17.1. The van der Waals surface area contributed by atoms with Crippen molar-refractivity contribution in [3.63, 3.8) is 0 Å². The number of halogens is 2. The van der Waals surface area contributed by atoms with Crippen LogP contribution in [0.25, 0.3) is 17.2 Å². The van der Waals surface area contributed by atoms with Crippen molar-refractivity contribution >= 4 is 33.6 Å². The van der Waals surface area contributed by atoms with Crippen molar-refractivity contribution in [2.75, 3.05) is 5.32 Å². The maximum Gasteiger partial charge on any atom is 0.248 e. The summed E-state index contributed by atoms with van der Waals surface area (Å²) in [4.78, 5) is 12.0. The number of hydrogen-bond acceptors (Lipinski definition) is 1. The van der Waals surface area contributed by atoms with Gasteiger partial charge in [0, 0.05) is 21.8 Å². The maximum atomic E-state index is 13.6. The van der Waals surface area contributed by atoms with Crippen LogP contribution < -0.4 is 5.32 Å². The summed E-state index contributed by atoms with van der Waals surface area (Å²) in [7, 11) is 0. The van der Waals surface area contributed by atoms with Gasteiger partial charge in [-0.05, 0) is 47.5 Å². The van der Waals surface area contributed by atoms with E-state index in [-0.39, 0.29) is 11.7 Å². The summed E-state index contributed by atoms with van der Waals surface area (Å²) in [5.74, 6) is -0.689. The Morgan fingerprint density at radius 3 is 2.32 bits per heavy atom. The first-order valence-corrected chi connectivity index (χ1v) is 8.51. The third-order valence-electron chi connectivity index (χ3n) is 3.63. The van der Waals surface area contributed by atoms with E-state index in [1.165, 1.54) is 18.2 Å². The molecular formula is C21H15BrFNO. The van der Waals surface area contributed by atoms with Gasteiger partial charge in [-0.1, -0.05) is 58.4 Å². The largest absolute Gasteiger partial charge is 0.323 e. The van der Waals surface area contributed by atoms with Gasteiger partial charge in [-0.25, -0.2) is 4.39 Å². The Kier molecular flexibility index (Phi) is 5.41. The maximum absolute atomic E-state index is 13.6. The molecular weight excluding hydrogens is 381 g/mol. The molecule has 0 aliphatic carbocycles. The molecule has 1 amide bonds. The van der Waals surface area contributed by atoms with Crippen LogP contribution in [-0.2, 0) is 4.79 Å². The molecule has 0 aromatic heterocycles. The third-order valence-corrected chi connectivity index (χ3v) is 4.13. The molecule has 0 aliphatic rings. The van der Waals surface area contributed by atoms with Crippen LogP contribution in [0.15, 0.2) is 83.3 Å². The van der Waals surface area contributed by atoms with Crippen molar-refractivity contribution in [1.82, 2.24) is 0 Å². The van der Waals surface area contributed by atoms with Gasteiger partial charge in [0.25, 0.3) is 0 Å². The second-order valence-electron chi connectivity index (χ2n) is 5.43. The number of amides is 1. The van der Waals surface area contributed by atoms with Crippen LogP contribution in [0.1, 0.15) is 5.56 Å². The van der Waals surface area contributed by atoms with Gasteiger partial charge in [0.15, 0.2) is 0 Å². The van der Waals surface area contributed by atoms with Gasteiger partial charge in [-0.3, -0.25) is 4.79 Å². The van der Waals surface area contributed by atoms with E-state index in [4.69, 9.17) is 0 Å². The van der Waals surface area contributed by atoms with Crippen LogP contribution >= 0.6 is 15.9 Å². The number of carbonyl (C=O) groups excluding carboxylic acids is 1. The number of benzene rings is 3. The Hall–Kier alpha value is -2.72. The summed E-state index contributed by atoms with van der Waals surface area (Å²) in [6.07, 6.45) is 2.77. The molecule has 3 aromatic carbocycles. The van der Waals surface area contributed by atoms with Crippen molar-refractivity contribution in [2.45, 2.75) is 0 Å². The molecule has 2 nitrogen and oxygen atoms in total. The van der Waals surface area contributed by atoms with Crippen LogP contribution in [0.2, 0.25) is 0 Å². The van der Waals surface area contributed by atoms with E-state index in [2.05, 4.69) is 21.2 Å². The fourth-order valence-electron chi connectivity index (χ4n) is 2.37. The van der Waals surface area contributed by atoms with Crippen LogP contribution in [0, 0.1) is 5.82 Å². The zero-order valence-corrected chi connectivity index (χ0v) is 14.8. The normalized spacial score (nSPS) is 10.8. The zero-order chi connectivity index (χ0) is 17.6. The lowest BCUT2D eigenvalue weighted by Gasteiger charge is -2.05. The molecule has 124 valence electrons. The molecule has 0 unspecified atom stereocenters. The number of rotatable bonds is 4. The molecule has 0 bridgehead atoms. The Balaban J connectivity index is 1.67. The summed E-state index contributed by atoms with van der Waals surface area (Å²) in [5, 5.41) is 2.77. The van der Waals surface area contributed by atoms with E-state index in [9.17, 15) is 9.18 Å². The molecule has 4 heteroatoms. The van der Waals surface area contributed by atoms with Crippen LogP contribution in [-0.4, -0.2) is 5.91 Å². The van der Waals surface area contributed by atoms with Gasteiger partial charge in [0.05, 0.1) is 0 Å². The van der Waals surface area contributed by atoms with Gasteiger partial charge >= 0.3 is 0 Å². The van der Waals surface area contributed by atoms with E-state index in [0.717, 1.165) is 15.6 Å². The van der Waals surface area contributed by atoms with Crippen molar-refractivity contribution in [2.24, 2.45) is 0 Å². The minimum Gasteiger partial charge on any atom is -0.323 e. The smallest absolute Gasteiger partial charge is 0.248 e. The monoisotopic (exact) mass is 395 g/mol. The molecule has 0 heterocycles. The highest BCUT2D eigenvalue weighted by atomic mass is 79.9. The predicted octanol–water partition coefficient (Wildman–Crippen LogP) is 5.91. The Morgan fingerprint density at radius 2 is 1.60 bits per heavy atom. The number of carbonyl (C=O) groups is 1. The molecule has 1 N–H and O–H groups in total. The standard InChI is InChI=1S/C21H15BrFNO/c22-18-9-12-20(23)17(14-18)8-13-21(25)24-19-10-6-16(7-11-19)15-4-2-1-3-5-15/h1-14H,(H,24,25)/b13-8+. The fourth-order valence-corrected chi connectivity index (χ4v) is 2.75. The molecule has 0 saturated carbocycles. The lowest BCUT2D eigenvalue weighted by atomic mass is 10.1. The predicted molar refractivity (Wildman–Crippen MR) is 104 cm³/mol. The number of anilines is 1. The summed E-state index contributed by atoms with van der Waals surface area (Å²) in [6, 6.07) is 22.2. The first-order valence-electron chi connectivity index (χ1n) is 7.71. The van der Waals surface area contributed by atoms with Gasteiger partial charge in [-0.15, -0.1) is 0 Å². The van der Waals surface area contributed by atoms with Crippen molar-refractivity contribution in [3.8, 4) is 11.1 Å². The second-order valence-corrected chi connectivity index (χ2v) is 6.35. The third kappa shape index (κ3) is 4.64. The molecule has 25 heavy (non-hydrogen) atoms. The van der Waals surface area contributed by atoms with Crippen LogP contribution in [0.5, 0.6) is 0 Å². The highest BCUT2D eigenvalue weighted by Gasteiger charge is 2.02. The SMILES string of the molecule is O=C(/C=C/c1cc(Br)ccc1F)Nc1ccc(-c2ccccc2)cc1. The van der Waals surface area contributed by atoms with E-state index >= 15 is 0 Å². The number of hydrogen-bond donors (Lipinski definition) is 1. The minimum absolute atomic E-state index is 0.313. The van der Waals surface area contributed by atoms with Gasteiger partial charge in [0.2, 0.25) is 5.91 Å². The Labute approximate surface area is 154 Å². The van der Waals surface area contributed by atoms with Gasteiger partial charge < -0.3 is 5.32 Å². The first-order chi connectivity index (χ1) is 12.1. The molecule has 0 fully saturated rings. The molecule has 3 rings (SSSR count). The van der Waals surface area contributed by atoms with Crippen molar-refractivity contribution in [3.05, 3.63) is 94.7 Å². The zero-order valence-electron chi connectivity index (χ0n) is 13.2. The highest BCUT2D eigenvalue weighted by Crippen LogP contribution is 2.21. The fraction of sp³-hybridized carbons (Fsp3) is 0. The average Bonchev–Trinajstić information content (AvgIpc) is 2.64. The molecule has 3 aromatic rings. The average molecular weight is 396 g/mol. The van der Waals surface area contributed by atoms with E-state index in [1.807, 2.05) is 54.6 Å². The van der Waals surface area contributed by atoms with E-state index in [0.29, 0.717) is 11.3 Å². The summed E-state index contributed by atoms with van der Waals surface area (Å²) >= 11 is 3.28.